The van der Waals surface area contributed by atoms with Gasteiger partial charge in [-0.15, -0.1) is 0 Å². The van der Waals surface area contributed by atoms with Crippen LogP contribution in [-0.4, -0.2) is 20.8 Å². The van der Waals surface area contributed by atoms with Gasteiger partial charge in [-0.2, -0.15) is 7.11 Å². The molecule has 0 aromatic heterocycles. The molecule has 2 nitrogen and oxygen atoms in total. The average Bonchev–Trinajstić information content (AvgIpc) is 2.64. The maximum atomic E-state index is 8.25. The van der Waals surface area contributed by atoms with Crippen LogP contribution in [0.2, 0.25) is 0 Å². The van der Waals surface area contributed by atoms with Crippen LogP contribution in [0.25, 0.3) is 0 Å². The smallest absolute Gasteiger partial charge is 0.857 e. The summed E-state index contributed by atoms with van der Waals surface area (Å²) in [5.41, 5.74) is 5.03. The average molecular weight is 385 g/mol. The number of rotatable bonds is 8. The van der Waals surface area contributed by atoms with Gasteiger partial charge in [0.2, 0.25) is 0 Å². The molecule has 0 heterocycles. The van der Waals surface area contributed by atoms with Crippen LogP contribution in [0.15, 0.2) is 60.2 Å². The molecule has 0 amide bonds. The van der Waals surface area contributed by atoms with Crippen molar-refractivity contribution in [3.63, 3.8) is 0 Å². The zero-order valence-electron chi connectivity index (χ0n) is 18.3. The molecule has 1 unspecified atom stereocenters. The molecule has 142 valence electrons. The van der Waals surface area contributed by atoms with Crippen molar-refractivity contribution in [2.24, 2.45) is 0 Å². The summed E-state index contributed by atoms with van der Waals surface area (Å²) in [6.07, 6.45) is 8.72. The van der Waals surface area contributed by atoms with E-state index in [4.69, 9.17) is 9.84 Å². The van der Waals surface area contributed by atoms with Crippen molar-refractivity contribution in [3.05, 3.63) is 71.3 Å². The van der Waals surface area contributed by atoms with Gasteiger partial charge in [0, 0.05) is 13.0 Å². The molecule has 0 saturated heterocycles. The molecule has 1 rings (SSSR count). The van der Waals surface area contributed by atoms with Gasteiger partial charge in [-0.25, -0.2) is 0 Å². The van der Waals surface area contributed by atoms with Crippen molar-refractivity contribution in [2.45, 2.75) is 53.4 Å². The Morgan fingerprint density at radius 1 is 1.19 bits per heavy atom. The largest absolute Gasteiger partial charge is 1.00 e. The van der Waals surface area contributed by atoms with Gasteiger partial charge in [-0.3, -0.25) is 0 Å². The Kier molecular flexibility index (Phi) is 25.2. The number of hydrogen-bond acceptors (Lipinski definition) is 2. The second-order valence-electron chi connectivity index (χ2n) is 5.42. The van der Waals surface area contributed by atoms with Crippen LogP contribution in [0.4, 0.5) is 0 Å². The van der Waals surface area contributed by atoms with Crippen molar-refractivity contribution >= 4 is 0 Å². The predicted octanol–water partition coefficient (Wildman–Crippen LogP) is 2.59. The molecule has 0 radical (unpaired) electrons. The van der Waals surface area contributed by atoms with Crippen molar-refractivity contribution in [2.75, 3.05) is 20.8 Å². The second kappa shape index (κ2) is 21.3. The van der Waals surface area contributed by atoms with E-state index in [1.54, 1.807) is 7.11 Å². The summed E-state index contributed by atoms with van der Waals surface area (Å²) in [7, 11) is 2.51. The van der Waals surface area contributed by atoms with Crippen LogP contribution in [0.1, 0.15) is 57.6 Å². The number of allylic oxidation sites excluding steroid dienone is 4. The molecule has 0 fully saturated rings. The Hall–Kier alpha value is -0.00364. The fourth-order valence-corrected chi connectivity index (χ4v) is 2.56. The molecule has 1 atom stereocenters. The van der Waals surface area contributed by atoms with Gasteiger partial charge in [-0.05, 0) is 43.4 Å². The minimum atomic E-state index is 0. The van der Waals surface area contributed by atoms with E-state index >= 15 is 0 Å². The molecule has 0 N–H and O–H groups in total. The topological polar surface area (TPSA) is 32.3 Å². The Labute approximate surface area is 204 Å². The molecule has 3 heteroatoms. The minimum Gasteiger partial charge on any atom is -0.857 e. The van der Waals surface area contributed by atoms with Crippen LogP contribution >= 0.6 is 0 Å². The van der Waals surface area contributed by atoms with Crippen LogP contribution in [0.5, 0.6) is 0 Å². The van der Waals surface area contributed by atoms with Gasteiger partial charge >= 0.3 is 51.4 Å². The summed E-state index contributed by atoms with van der Waals surface area (Å²) in [4.78, 5) is 0. The number of methoxy groups -OCH3 is 1. The van der Waals surface area contributed by atoms with E-state index in [-0.39, 0.29) is 57.3 Å². The van der Waals surface area contributed by atoms with E-state index in [0.29, 0.717) is 6.61 Å². The number of hydrogen-bond donors (Lipinski definition) is 0. The first kappa shape index (κ1) is 30.7. The molecule has 0 aliphatic rings. The van der Waals surface area contributed by atoms with Crippen LogP contribution in [0.3, 0.4) is 0 Å². The molecule has 0 spiro atoms. The quantitative estimate of drug-likeness (QED) is 0.392. The normalized spacial score (nSPS) is 11.5. The van der Waals surface area contributed by atoms with Crippen LogP contribution < -0.4 is 56.5 Å². The fraction of sp³-hybridized carbons (Fsp3) is 0.478. The minimum absolute atomic E-state index is 0. The SMILES string of the molecule is C=C(C)C(=CC/C=C\CC)C(COC)c1ccccc1C.CC.C[O-].[K+]. The van der Waals surface area contributed by atoms with E-state index in [0.717, 1.165) is 25.5 Å². The molecule has 0 saturated carbocycles. The molecule has 1 aromatic rings. The maximum absolute atomic E-state index is 8.25. The number of benzene rings is 1. The molecular formula is C23H37KO2. The molecule has 0 bridgehead atoms. The molecule has 1 aromatic carbocycles. The van der Waals surface area contributed by atoms with Gasteiger partial charge in [0.15, 0.2) is 0 Å². The molecule has 0 aliphatic heterocycles. The van der Waals surface area contributed by atoms with E-state index in [1.807, 2.05) is 13.8 Å². The van der Waals surface area contributed by atoms with Crippen LogP contribution in [0, 0.1) is 6.92 Å². The molecular weight excluding hydrogens is 347 g/mol. The Bertz CT molecular complexity index is 519. The second-order valence-corrected chi connectivity index (χ2v) is 5.42. The van der Waals surface area contributed by atoms with Crippen molar-refractivity contribution in [1.82, 2.24) is 0 Å². The maximum Gasteiger partial charge on any atom is 1.00 e. The predicted molar refractivity (Wildman–Crippen MR) is 110 cm³/mol. The van der Waals surface area contributed by atoms with E-state index in [1.165, 1.54) is 16.7 Å². The first-order valence-corrected chi connectivity index (χ1v) is 9.08. The van der Waals surface area contributed by atoms with E-state index < -0.39 is 0 Å². The third-order valence-electron chi connectivity index (χ3n) is 3.64. The molecule has 26 heavy (non-hydrogen) atoms. The standard InChI is InChI=1S/C20H28O.C2H6.CH3O.K/c1-6-7-8-9-13-18(16(2)3)20(15-21-5)19-14-11-10-12-17(19)4;2*1-2;/h7-8,10-14,20H,2,6,9,15H2,1,3-5H3;1-2H3;1H3;/q;;-1;+1/b8-7-,18-13?;;;. The zero-order chi connectivity index (χ0) is 19.7. The summed E-state index contributed by atoms with van der Waals surface area (Å²) in [6.45, 7) is 15.2. The summed E-state index contributed by atoms with van der Waals surface area (Å²) < 4.78 is 5.47. The summed E-state index contributed by atoms with van der Waals surface area (Å²) >= 11 is 0. The van der Waals surface area contributed by atoms with Crippen molar-refractivity contribution in [3.8, 4) is 0 Å². The van der Waals surface area contributed by atoms with Gasteiger partial charge < -0.3 is 9.84 Å². The van der Waals surface area contributed by atoms with Gasteiger partial charge in [-0.1, -0.05) is 75.4 Å². The van der Waals surface area contributed by atoms with Gasteiger partial charge in [0.25, 0.3) is 0 Å². The van der Waals surface area contributed by atoms with Gasteiger partial charge in [0.1, 0.15) is 0 Å². The number of ether oxygens (including phenoxy) is 1. The van der Waals surface area contributed by atoms with E-state index in [2.05, 4.69) is 69.8 Å². The third-order valence-corrected chi connectivity index (χ3v) is 3.64. The fourth-order valence-electron chi connectivity index (χ4n) is 2.56. The first-order chi connectivity index (χ1) is 12.1. The monoisotopic (exact) mass is 384 g/mol. The van der Waals surface area contributed by atoms with Gasteiger partial charge in [0.05, 0.1) is 6.61 Å². The Morgan fingerprint density at radius 3 is 2.23 bits per heavy atom. The van der Waals surface area contributed by atoms with E-state index in [9.17, 15) is 0 Å². The summed E-state index contributed by atoms with van der Waals surface area (Å²) in [5.74, 6) is 0.253. The third kappa shape index (κ3) is 12.4. The Morgan fingerprint density at radius 2 is 1.77 bits per heavy atom. The Balaban J connectivity index is -0.000000985. The number of aryl methyl sites for hydroxylation is 1. The van der Waals surface area contributed by atoms with Crippen molar-refractivity contribution < 1.29 is 61.2 Å². The van der Waals surface area contributed by atoms with Crippen LogP contribution in [-0.2, 0) is 4.74 Å². The zero-order valence-corrected chi connectivity index (χ0v) is 21.4. The first-order valence-electron chi connectivity index (χ1n) is 9.08. The molecule has 0 aliphatic carbocycles. The van der Waals surface area contributed by atoms with Crippen molar-refractivity contribution in [1.29, 1.82) is 0 Å². The summed E-state index contributed by atoms with van der Waals surface area (Å²) in [5, 5.41) is 8.25. The summed E-state index contributed by atoms with van der Waals surface area (Å²) in [6, 6.07) is 8.53.